The van der Waals surface area contributed by atoms with Crippen LogP contribution in [0.25, 0.3) is 22.0 Å². The first-order chi connectivity index (χ1) is 11.0. The van der Waals surface area contributed by atoms with Crippen molar-refractivity contribution in [2.75, 3.05) is 0 Å². The van der Waals surface area contributed by atoms with Gasteiger partial charge in [0.15, 0.2) is 0 Å². The lowest BCUT2D eigenvalue weighted by molar-refractivity contribution is 0.412. The Morgan fingerprint density at radius 2 is 1.74 bits per heavy atom. The van der Waals surface area contributed by atoms with Crippen molar-refractivity contribution in [1.82, 2.24) is 4.98 Å². The maximum Gasteiger partial charge on any atom is 0.0991 e. The van der Waals surface area contributed by atoms with E-state index >= 15 is 0 Å². The number of pyridine rings is 1. The van der Waals surface area contributed by atoms with E-state index in [1.54, 1.807) is 0 Å². The Hall–Kier alpha value is -2.66. The molecule has 114 valence electrons. The van der Waals surface area contributed by atoms with Crippen LogP contribution in [-0.2, 0) is 6.42 Å². The van der Waals surface area contributed by atoms with Gasteiger partial charge < -0.3 is 0 Å². The average Bonchev–Trinajstić information content (AvgIpc) is 2.53. The van der Waals surface area contributed by atoms with Crippen molar-refractivity contribution in [2.45, 2.75) is 27.2 Å². The molecule has 0 N–H and O–H groups in total. The molecule has 0 aliphatic carbocycles. The Bertz CT molecular complexity index is 878. The number of benzene rings is 2. The third kappa shape index (κ3) is 3.24. The summed E-state index contributed by atoms with van der Waals surface area (Å²) >= 11 is 0. The third-order valence-corrected chi connectivity index (χ3v) is 3.89. The molecule has 0 bridgehead atoms. The van der Waals surface area contributed by atoms with Crippen LogP contribution < -0.4 is 0 Å². The molecular weight excluding hydrogens is 280 g/mol. The largest absolute Gasteiger partial charge is 0.256 e. The van der Waals surface area contributed by atoms with Crippen molar-refractivity contribution >= 4 is 10.9 Å². The summed E-state index contributed by atoms with van der Waals surface area (Å²) in [7, 11) is 0. The van der Waals surface area contributed by atoms with Gasteiger partial charge in [-0.2, -0.15) is 5.26 Å². The number of hydrogen-bond donors (Lipinski definition) is 0. The van der Waals surface area contributed by atoms with Crippen molar-refractivity contribution in [2.24, 2.45) is 5.41 Å². The maximum atomic E-state index is 9.02. The molecule has 0 amide bonds. The molecule has 1 heterocycles. The van der Waals surface area contributed by atoms with Crippen molar-refractivity contribution in [3.8, 4) is 17.2 Å². The number of rotatable bonds is 2. The summed E-state index contributed by atoms with van der Waals surface area (Å²) in [6.45, 7) is 6.76. The summed E-state index contributed by atoms with van der Waals surface area (Å²) < 4.78 is 0. The number of hydrogen-bond acceptors (Lipinski definition) is 2. The van der Waals surface area contributed by atoms with Crippen molar-refractivity contribution in [3.05, 3.63) is 65.9 Å². The minimum Gasteiger partial charge on any atom is -0.256 e. The molecule has 2 aromatic carbocycles. The van der Waals surface area contributed by atoms with Crippen molar-refractivity contribution in [1.29, 1.82) is 5.26 Å². The smallest absolute Gasteiger partial charge is 0.0991 e. The molecule has 1 aromatic heterocycles. The molecule has 3 aromatic rings. The van der Waals surface area contributed by atoms with Gasteiger partial charge >= 0.3 is 0 Å². The highest BCUT2D eigenvalue weighted by Gasteiger charge is 2.17. The zero-order valence-corrected chi connectivity index (χ0v) is 13.8. The van der Waals surface area contributed by atoms with E-state index in [2.05, 4.69) is 50.0 Å². The van der Waals surface area contributed by atoms with Crippen LogP contribution in [0.5, 0.6) is 0 Å². The highest BCUT2D eigenvalue weighted by Crippen LogP contribution is 2.35. The van der Waals surface area contributed by atoms with Gasteiger partial charge in [0, 0.05) is 11.6 Å². The predicted molar refractivity (Wildman–Crippen MR) is 95.1 cm³/mol. The molecule has 0 atom stereocenters. The van der Waals surface area contributed by atoms with E-state index in [4.69, 9.17) is 5.26 Å². The van der Waals surface area contributed by atoms with Crippen LogP contribution >= 0.6 is 0 Å². The van der Waals surface area contributed by atoms with Crippen molar-refractivity contribution in [3.63, 3.8) is 0 Å². The second kappa shape index (κ2) is 5.85. The molecule has 0 aliphatic rings. The van der Waals surface area contributed by atoms with Gasteiger partial charge in [0.25, 0.3) is 0 Å². The minimum absolute atomic E-state index is 0.206. The molecule has 2 nitrogen and oxygen atoms in total. The molecule has 0 unspecified atom stereocenters. The molecule has 3 rings (SSSR count). The lowest BCUT2D eigenvalue weighted by atomic mass is 9.83. The molecule has 0 saturated heterocycles. The van der Waals surface area contributed by atoms with Gasteiger partial charge in [0.2, 0.25) is 0 Å². The van der Waals surface area contributed by atoms with E-state index in [0.717, 1.165) is 17.5 Å². The summed E-state index contributed by atoms with van der Waals surface area (Å²) in [5, 5.41) is 10.2. The Balaban J connectivity index is 2.25. The average molecular weight is 300 g/mol. The maximum absolute atomic E-state index is 9.02. The zero-order valence-electron chi connectivity index (χ0n) is 13.8. The van der Waals surface area contributed by atoms with Gasteiger partial charge in [-0.25, -0.2) is 0 Å². The third-order valence-electron chi connectivity index (χ3n) is 3.89. The van der Waals surface area contributed by atoms with Crippen LogP contribution in [0.1, 0.15) is 31.9 Å². The van der Waals surface area contributed by atoms with E-state index < -0.39 is 0 Å². The van der Waals surface area contributed by atoms with Crippen LogP contribution in [0.4, 0.5) is 0 Å². The summed E-state index contributed by atoms with van der Waals surface area (Å²) in [6, 6.07) is 18.4. The number of nitrogens with zero attached hydrogens (tertiary/aromatic N) is 2. The Labute approximate surface area is 137 Å². The standard InChI is InChI=1S/C21H20N2/c1-21(2,3)13-17-10-11-19-18(5-4-12-23-19)20(17)16-8-6-15(14-22)7-9-16/h4-12H,13H2,1-3H3. The number of aromatic nitrogens is 1. The Kier molecular flexibility index (Phi) is 3.88. The van der Waals surface area contributed by atoms with Gasteiger partial charge in [0.05, 0.1) is 17.1 Å². The topological polar surface area (TPSA) is 36.7 Å². The molecule has 0 aliphatic heterocycles. The van der Waals surface area contributed by atoms with Crippen LogP contribution in [0, 0.1) is 16.7 Å². The van der Waals surface area contributed by atoms with Crippen LogP contribution in [0.2, 0.25) is 0 Å². The summed E-state index contributed by atoms with van der Waals surface area (Å²) in [5.41, 5.74) is 5.59. The lowest BCUT2D eigenvalue weighted by Gasteiger charge is -2.21. The molecule has 0 radical (unpaired) electrons. The normalized spacial score (nSPS) is 11.4. The van der Waals surface area contributed by atoms with Gasteiger partial charge in [0.1, 0.15) is 0 Å². The Morgan fingerprint density at radius 1 is 1.00 bits per heavy atom. The van der Waals surface area contributed by atoms with Crippen LogP contribution in [-0.4, -0.2) is 4.98 Å². The molecular formula is C21H20N2. The Morgan fingerprint density at radius 3 is 2.39 bits per heavy atom. The first kappa shape index (κ1) is 15.2. The van der Waals surface area contributed by atoms with E-state index in [9.17, 15) is 0 Å². The molecule has 0 spiro atoms. The second-order valence-electron chi connectivity index (χ2n) is 7.10. The second-order valence-corrected chi connectivity index (χ2v) is 7.10. The highest BCUT2D eigenvalue weighted by atomic mass is 14.6. The van der Waals surface area contributed by atoms with Crippen LogP contribution in [0.3, 0.4) is 0 Å². The molecule has 0 fully saturated rings. The highest BCUT2D eigenvalue weighted by molar-refractivity contribution is 5.96. The van der Waals surface area contributed by atoms with E-state index in [-0.39, 0.29) is 5.41 Å². The van der Waals surface area contributed by atoms with Crippen molar-refractivity contribution < 1.29 is 0 Å². The van der Waals surface area contributed by atoms with E-state index in [0.29, 0.717) is 5.56 Å². The fourth-order valence-electron chi connectivity index (χ4n) is 2.97. The van der Waals surface area contributed by atoms with Gasteiger partial charge in [-0.1, -0.05) is 45.0 Å². The zero-order chi connectivity index (χ0) is 16.4. The molecule has 23 heavy (non-hydrogen) atoms. The molecule has 0 saturated carbocycles. The van der Waals surface area contributed by atoms with Gasteiger partial charge in [-0.15, -0.1) is 0 Å². The lowest BCUT2D eigenvalue weighted by Crippen LogP contribution is -2.10. The summed E-state index contributed by atoms with van der Waals surface area (Å²) in [4.78, 5) is 4.49. The quantitative estimate of drug-likeness (QED) is 0.638. The summed E-state index contributed by atoms with van der Waals surface area (Å²) in [6.07, 6.45) is 2.82. The molecule has 2 heteroatoms. The number of fused-ring (bicyclic) bond motifs is 1. The van der Waals surface area contributed by atoms with Gasteiger partial charge in [-0.05, 0) is 52.8 Å². The van der Waals surface area contributed by atoms with Gasteiger partial charge in [-0.3, -0.25) is 4.98 Å². The fourth-order valence-corrected chi connectivity index (χ4v) is 2.97. The first-order valence-electron chi connectivity index (χ1n) is 7.85. The fraction of sp³-hybridized carbons (Fsp3) is 0.238. The first-order valence-corrected chi connectivity index (χ1v) is 7.85. The predicted octanol–water partition coefficient (Wildman–Crippen LogP) is 5.36. The number of nitriles is 1. The van der Waals surface area contributed by atoms with E-state index in [1.165, 1.54) is 16.5 Å². The van der Waals surface area contributed by atoms with E-state index in [1.807, 2.05) is 36.5 Å². The summed E-state index contributed by atoms with van der Waals surface area (Å²) in [5.74, 6) is 0. The monoisotopic (exact) mass is 300 g/mol. The SMILES string of the molecule is CC(C)(C)Cc1ccc2ncccc2c1-c1ccc(C#N)cc1. The van der Waals surface area contributed by atoms with Crippen LogP contribution in [0.15, 0.2) is 54.7 Å². The minimum atomic E-state index is 0.206.